The van der Waals surface area contributed by atoms with Gasteiger partial charge in [0.25, 0.3) is 0 Å². The molecule has 4 rings (SSSR count). The lowest BCUT2D eigenvalue weighted by Gasteiger charge is -2.10. The van der Waals surface area contributed by atoms with Crippen molar-refractivity contribution in [1.29, 1.82) is 0 Å². The summed E-state index contributed by atoms with van der Waals surface area (Å²) in [4.78, 5) is 24.5. The van der Waals surface area contributed by atoms with Gasteiger partial charge in [0.05, 0.1) is 16.3 Å². The van der Waals surface area contributed by atoms with Crippen molar-refractivity contribution in [3.05, 3.63) is 42.1 Å². The molecule has 0 bridgehead atoms. The van der Waals surface area contributed by atoms with Crippen molar-refractivity contribution in [1.82, 2.24) is 25.6 Å². The molecular formula is C23H30N6OS2. The molecule has 0 aliphatic heterocycles. The van der Waals surface area contributed by atoms with Crippen LogP contribution in [-0.2, 0) is 11.3 Å². The summed E-state index contributed by atoms with van der Waals surface area (Å²) >= 11 is 3.17. The van der Waals surface area contributed by atoms with Crippen LogP contribution in [0.25, 0.3) is 21.8 Å². The molecule has 170 valence electrons. The van der Waals surface area contributed by atoms with Gasteiger partial charge in [0, 0.05) is 30.4 Å². The van der Waals surface area contributed by atoms with E-state index in [-0.39, 0.29) is 0 Å². The third kappa shape index (κ3) is 7.01. The van der Waals surface area contributed by atoms with E-state index >= 15 is 0 Å². The molecule has 7 nitrogen and oxygen atoms in total. The quantitative estimate of drug-likeness (QED) is 0.242. The second-order valence-corrected chi connectivity index (χ2v) is 9.50. The Bertz CT molecular complexity index is 1020. The highest BCUT2D eigenvalue weighted by atomic mass is 32.2. The number of rotatable bonds is 9. The fourth-order valence-electron chi connectivity index (χ4n) is 2.95. The van der Waals surface area contributed by atoms with Gasteiger partial charge in [-0.3, -0.25) is 4.79 Å². The minimum Gasteiger partial charge on any atom is -0.359 e. The van der Waals surface area contributed by atoms with Crippen molar-refractivity contribution in [2.24, 2.45) is 0 Å². The first kappa shape index (κ1) is 24.2. The highest BCUT2D eigenvalue weighted by Gasteiger charge is 2.19. The molecule has 0 atom stereocenters. The Balaban J connectivity index is 0.000000416. The van der Waals surface area contributed by atoms with Crippen LogP contribution < -0.4 is 16.0 Å². The second-order valence-electron chi connectivity index (χ2n) is 7.70. The number of aromatic nitrogens is 3. The molecule has 1 aliphatic carbocycles. The number of benzene rings is 1. The van der Waals surface area contributed by atoms with Crippen LogP contribution in [0.5, 0.6) is 0 Å². The van der Waals surface area contributed by atoms with E-state index in [0.29, 0.717) is 12.1 Å². The van der Waals surface area contributed by atoms with E-state index in [4.69, 9.17) is 9.97 Å². The van der Waals surface area contributed by atoms with Crippen molar-refractivity contribution in [3.8, 4) is 21.8 Å². The number of hydrogen-bond donors (Lipinski definition) is 3. The summed E-state index contributed by atoms with van der Waals surface area (Å²) in [5.74, 6) is 0. The fourth-order valence-corrected chi connectivity index (χ4v) is 4.25. The Hall–Kier alpha value is -2.49. The summed E-state index contributed by atoms with van der Waals surface area (Å²) in [6.07, 6.45) is 7.00. The van der Waals surface area contributed by atoms with Crippen LogP contribution in [0.15, 0.2) is 41.7 Å². The lowest BCUT2D eigenvalue weighted by molar-refractivity contribution is -0.109. The van der Waals surface area contributed by atoms with Crippen LogP contribution in [0.4, 0.5) is 5.13 Å². The van der Waals surface area contributed by atoms with Gasteiger partial charge < -0.3 is 16.0 Å². The number of carbonyl (C=O) groups is 1. The Morgan fingerprint density at radius 2 is 1.97 bits per heavy atom. The van der Waals surface area contributed by atoms with Gasteiger partial charge >= 0.3 is 0 Å². The van der Waals surface area contributed by atoms with Crippen LogP contribution in [0.1, 0.15) is 32.3 Å². The van der Waals surface area contributed by atoms with E-state index in [1.165, 1.54) is 18.4 Å². The molecule has 1 fully saturated rings. The molecule has 9 heteroatoms. The second kappa shape index (κ2) is 11.9. The monoisotopic (exact) mass is 470 g/mol. The molecule has 0 unspecified atom stereocenters. The zero-order valence-electron chi connectivity index (χ0n) is 18.9. The van der Waals surface area contributed by atoms with Gasteiger partial charge in [-0.05, 0) is 51.6 Å². The van der Waals surface area contributed by atoms with Crippen LogP contribution in [-0.4, -0.2) is 46.7 Å². The fraction of sp³-hybridized carbons (Fsp3) is 0.391. The van der Waals surface area contributed by atoms with E-state index in [1.807, 2.05) is 25.6 Å². The zero-order chi connectivity index (χ0) is 22.9. The first-order valence-electron chi connectivity index (χ1n) is 10.6. The van der Waals surface area contributed by atoms with Crippen LogP contribution in [0.3, 0.4) is 0 Å². The van der Waals surface area contributed by atoms with Gasteiger partial charge in [-0.25, -0.2) is 15.0 Å². The van der Waals surface area contributed by atoms with Gasteiger partial charge in [0.2, 0.25) is 6.41 Å². The van der Waals surface area contributed by atoms with Crippen LogP contribution in [0.2, 0.25) is 0 Å². The summed E-state index contributed by atoms with van der Waals surface area (Å²) in [6.45, 7) is 5.01. The average molecular weight is 471 g/mol. The predicted octanol–water partition coefficient (Wildman–Crippen LogP) is 4.42. The Morgan fingerprint density at radius 3 is 2.59 bits per heavy atom. The first-order valence-corrected chi connectivity index (χ1v) is 12.7. The van der Waals surface area contributed by atoms with E-state index in [1.54, 1.807) is 23.1 Å². The van der Waals surface area contributed by atoms with Gasteiger partial charge in [-0.15, -0.1) is 0 Å². The SMILES string of the molecule is CNCc1ccccc1-c1cc(-c2cnc(NC(C)C)s2)nc(SC)n1.O=CNC1CC1. The first-order chi connectivity index (χ1) is 15.5. The van der Waals surface area contributed by atoms with Crippen molar-refractivity contribution in [3.63, 3.8) is 0 Å². The smallest absolute Gasteiger partial charge is 0.207 e. The van der Waals surface area contributed by atoms with Crippen molar-refractivity contribution < 1.29 is 4.79 Å². The maximum atomic E-state index is 9.54. The number of thiazole rings is 1. The van der Waals surface area contributed by atoms with Crippen LogP contribution in [0, 0.1) is 0 Å². The summed E-state index contributed by atoms with van der Waals surface area (Å²) in [5.41, 5.74) is 4.20. The molecule has 3 N–H and O–H groups in total. The molecular weight excluding hydrogens is 440 g/mol. The lowest BCUT2D eigenvalue weighted by Crippen LogP contribution is -2.11. The summed E-state index contributed by atoms with van der Waals surface area (Å²) in [5, 5.41) is 10.9. The zero-order valence-corrected chi connectivity index (χ0v) is 20.5. The third-order valence-electron chi connectivity index (χ3n) is 4.60. The predicted molar refractivity (Wildman–Crippen MR) is 134 cm³/mol. The van der Waals surface area contributed by atoms with Crippen molar-refractivity contribution in [2.75, 3.05) is 18.6 Å². The Labute approximate surface area is 197 Å². The van der Waals surface area contributed by atoms with E-state index < -0.39 is 0 Å². The minimum absolute atomic E-state index is 0.352. The maximum absolute atomic E-state index is 9.54. The number of carbonyl (C=O) groups excluding carboxylic acids is 1. The summed E-state index contributed by atoms with van der Waals surface area (Å²) < 4.78 is 0. The van der Waals surface area contributed by atoms with Crippen molar-refractivity contribution >= 4 is 34.6 Å². The molecule has 3 aromatic rings. The van der Waals surface area contributed by atoms with Crippen molar-refractivity contribution in [2.45, 2.75) is 50.5 Å². The highest BCUT2D eigenvalue weighted by Crippen LogP contribution is 2.32. The average Bonchev–Trinajstić information content (AvgIpc) is 3.49. The third-order valence-corrected chi connectivity index (χ3v) is 6.10. The molecule has 0 radical (unpaired) electrons. The number of hydrogen-bond acceptors (Lipinski definition) is 8. The summed E-state index contributed by atoms with van der Waals surface area (Å²) in [6, 6.07) is 11.3. The lowest BCUT2D eigenvalue weighted by atomic mass is 10.0. The topological polar surface area (TPSA) is 91.8 Å². The molecule has 1 aliphatic rings. The van der Waals surface area contributed by atoms with Gasteiger partial charge in [0.1, 0.15) is 0 Å². The normalized spacial score (nSPS) is 12.8. The maximum Gasteiger partial charge on any atom is 0.207 e. The van der Waals surface area contributed by atoms with Gasteiger partial charge in [0.15, 0.2) is 10.3 Å². The molecule has 0 saturated heterocycles. The molecule has 1 saturated carbocycles. The molecule has 1 amide bonds. The van der Waals surface area contributed by atoms with E-state index in [9.17, 15) is 4.79 Å². The summed E-state index contributed by atoms with van der Waals surface area (Å²) in [7, 11) is 1.95. The molecule has 1 aromatic carbocycles. The number of nitrogens with zero attached hydrogens (tertiary/aromatic N) is 3. The number of thioether (sulfide) groups is 1. The standard InChI is InChI=1S/C19H23N5S2.C4H7NO/c1-12(2)22-18-21-11-17(26-18)16-9-15(23-19(24-16)25-4)14-8-6-5-7-13(14)10-20-3;6-3-5-4-1-2-4/h5-9,11-12,20H,10H2,1-4H3,(H,21,22);3-4H,1-2H2,(H,5,6). The highest BCUT2D eigenvalue weighted by molar-refractivity contribution is 7.98. The molecule has 2 aromatic heterocycles. The van der Waals surface area contributed by atoms with Crippen LogP contribution >= 0.6 is 23.1 Å². The number of nitrogens with one attached hydrogen (secondary N) is 3. The number of anilines is 1. The Morgan fingerprint density at radius 1 is 1.22 bits per heavy atom. The van der Waals surface area contributed by atoms with Gasteiger partial charge in [-0.2, -0.15) is 0 Å². The number of amides is 1. The molecule has 0 spiro atoms. The van der Waals surface area contributed by atoms with E-state index in [0.717, 1.165) is 45.1 Å². The van der Waals surface area contributed by atoms with Gasteiger partial charge in [-0.1, -0.05) is 47.4 Å². The Kier molecular flexibility index (Phi) is 9.01. The molecule has 2 heterocycles. The minimum atomic E-state index is 0.352. The van der Waals surface area contributed by atoms with E-state index in [2.05, 4.69) is 59.0 Å². The molecule has 32 heavy (non-hydrogen) atoms. The largest absolute Gasteiger partial charge is 0.359 e.